The highest BCUT2D eigenvalue weighted by atomic mass is 35.5. The molecule has 1 saturated heterocycles. The zero-order valence-corrected chi connectivity index (χ0v) is 16.4. The molecule has 3 rings (SSSR count). The summed E-state index contributed by atoms with van der Waals surface area (Å²) in [5.74, 6) is 0.721. The molecule has 1 fully saturated rings. The van der Waals surface area contributed by atoms with Crippen molar-refractivity contribution in [3.8, 4) is 0 Å². The molecule has 2 amide bonds. The van der Waals surface area contributed by atoms with Crippen LogP contribution >= 0.6 is 11.6 Å². The average molecular weight is 380 g/mol. The van der Waals surface area contributed by atoms with Crippen molar-refractivity contribution in [1.29, 1.82) is 0 Å². The van der Waals surface area contributed by atoms with Gasteiger partial charge in [0.15, 0.2) is 0 Å². The highest BCUT2D eigenvalue weighted by Gasteiger charge is 2.35. The summed E-state index contributed by atoms with van der Waals surface area (Å²) >= 11 is 6.00. The van der Waals surface area contributed by atoms with E-state index in [1.807, 2.05) is 12.1 Å². The molecule has 142 valence electrons. The molecule has 2 aromatic rings. The van der Waals surface area contributed by atoms with Gasteiger partial charge in [-0.1, -0.05) is 11.6 Å². The maximum atomic E-state index is 12.6. The van der Waals surface area contributed by atoms with Crippen LogP contribution in [-0.2, 0) is 11.3 Å². The zero-order valence-electron chi connectivity index (χ0n) is 15.6. The maximum absolute atomic E-state index is 12.6. The van der Waals surface area contributed by atoms with Gasteiger partial charge in [0.05, 0.1) is 29.7 Å². The van der Waals surface area contributed by atoms with Crippen LogP contribution < -0.4 is 5.32 Å². The second-order valence-electron chi connectivity index (χ2n) is 7.08. The van der Waals surface area contributed by atoms with Crippen LogP contribution in [0.4, 0.5) is 4.79 Å². The minimum atomic E-state index is -0.138. The molecule has 7 nitrogen and oxygen atoms in total. The van der Waals surface area contributed by atoms with E-state index < -0.39 is 0 Å². The molecule has 8 heteroatoms. The summed E-state index contributed by atoms with van der Waals surface area (Å²) in [5.41, 5.74) is 1.70. The number of hydrogen-bond acceptors (Lipinski definition) is 4. The molecule has 0 spiro atoms. The predicted molar refractivity (Wildman–Crippen MR) is 102 cm³/mol. The Labute approximate surface area is 158 Å². The first-order valence-electron chi connectivity index (χ1n) is 8.80. The van der Waals surface area contributed by atoms with Gasteiger partial charge in [-0.2, -0.15) is 0 Å². The van der Waals surface area contributed by atoms with Gasteiger partial charge in [0.25, 0.3) is 0 Å². The zero-order chi connectivity index (χ0) is 18.8. The smallest absolute Gasteiger partial charge is 0.317 e. The topological polar surface area (TPSA) is 73.5 Å². The Morgan fingerprint density at radius 2 is 2.27 bits per heavy atom. The predicted octanol–water partition coefficient (Wildman–Crippen LogP) is 2.47. The van der Waals surface area contributed by atoms with Crippen molar-refractivity contribution >= 4 is 28.7 Å². The average Bonchev–Trinajstić information content (AvgIpc) is 3.17. The Bertz CT molecular complexity index is 778. The van der Waals surface area contributed by atoms with E-state index in [-0.39, 0.29) is 18.2 Å². The number of urea groups is 1. The lowest BCUT2D eigenvalue weighted by molar-refractivity contribution is 0.0873. The van der Waals surface area contributed by atoms with Gasteiger partial charge in [0, 0.05) is 38.3 Å². The normalized spacial score (nSPS) is 20.8. The van der Waals surface area contributed by atoms with Crippen LogP contribution in [0.15, 0.2) is 18.2 Å². The number of benzene rings is 1. The molecule has 0 bridgehead atoms. The number of carbonyl (C=O) groups excluding carboxylic acids is 1. The summed E-state index contributed by atoms with van der Waals surface area (Å²) in [4.78, 5) is 24.2. The molecule has 2 N–H and O–H groups in total. The molecule has 1 aliphatic rings. The van der Waals surface area contributed by atoms with Gasteiger partial charge < -0.3 is 19.9 Å². The van der Waals surface area contributed by atoms with Crippen molar-refractivity contribution in [1.82, 2.24) is 25.1 Å². The number of nitrogens with one attached hydrogen (secondary N) is 2. The van der Waals surface area contributed by atoms with Gasteiger partial charge in [0.2, 0.25) is 0 Å². The fraction of sp³-hybridized carbons (Fsp3) is 0.556. The number of hydrogen-bond donors (Lipinski definition) is 2. The lowest BCUT2D eigenvalue weighted by atomic mass is 10.2. The van der Waals surface area contributed by atoms with E-state index in [0.717, 1.165) is 29.9 Å². The van der Waals surface area contributed by atoms with Crippen LogP contribution in [-0.4, -0.2) is 71.2 Å². The molecule has 2 atom stereocenters. The first-order chi connectivity index (χ1) is 12.4. The highest BCUT2D eigenvalue weighted by molar-refractivity contribution is 6.31. The minimum Gasteiger partial charge on any atom is -0.378 e. The fourth-order valence-electron chi connectivity index (χ4n) is 3.28. The number of fused-ring (bicyclic) bond motifs is 1. The Balaban J connectivity index is 1.61. The number of imidazole rings is 1. The number of rotatable bonds is 5. The maximum Gasteiger partial charge on any atom is 0.317 e. The van der Waals surface area contributed by atoms with Gasteiger partial charge in [0.1, 0.15) is 5.82 Å². The van der Waals surface area contributed by atoms with E-state index >= 15 is 0 Å². The summed E-state index contributed by atoms with van der Waals surface area (Å²) in [6.07, 6.45) is 0.00286. The standard InChI is InChI=1S/C18H26ClN5O2/c1-11(2)24-8-15(16(9-24)26-4)22-18(25)23(3)10-17-20-13-6-5-12(19)7-14(13)21-17/h5-7,11,15-16H,8-10H2,1-4H3,(H,20,21)(H,22,25)/t15-,16-/m0/s1. The van der Waals surface area contributed by atoms with E-state index in [9.17, 15) is 4.79 Å². The monoisotopic (exact) mass is 379 g/mol. The Morgan fingerprint density at radius 3 is 2.96 bits per heavy atom. The molecule has 1 aromatic heterocycles. The van der Waals surface area contributed by atoms with Crippen molar-refractivity contribution in [2.45, 2.75) is 38.6 Å². The Morgan fingerprint density at radius 1 is 1.50 bits per heavy atom. The summed E-state index contributed by atoms with van der Waals surface area (Å²) in [7, 11) is 3.45. The molecular formula is C18H26ClN5O2. The number of carbonyl (C=O) groups is 1. The van der Waals surface area contributed by atoms with Crippen molar-refractivity contribution < 1.29 is 9.53 Å². The number of amides is 2. The molecule has 26 heavy (non-hydrogen) atoms. The number of aromatic amines is 1. The van der Waals surface area contributed by atoms with Crippen molar-refractivity contribution in [3.05, 3.63) is 29.0 Å². The summed E-state index contributed by atoms with van der Waals surface area (Å²) in [6.45, 7) is 6.30. The van der Waals surface area contributed by atoms with E-state index in [1.54, 1.807) is 25.1 Å². The van der Waals surface area contributed by atoms with Crippen LogP contribution in [0, 0.1) is 0 Å². The summed E-state index contributed by atoms with van der Waals surface area (Å²) in [5, 5.41) is 3.74. The Hall–Kier alpha value is -1.83. The number of aromatic nitrogens is 2. The van der Waals surface area contributed by atoms with Crippen LogP contribution in [0.5, 0.6) is 0 Å². The molecule has 0 saturated carbocycles. The van der Waals surface area contributed by atoms with Gasteiger partial charge >= 0.3 is 6.03 Å². The van der Waals surface area contributed by atoms with Crippen molar-refractivity contribution in [3.63, 3.8) is 0 Å². The summed E-state index contributed by atoms with van der Waals surface area (Å²) in [6, 6.07) is 5.76. The molecule has 0 aliphatic carbocycles. The minimum absolute atomic E-state index is 0.00286. The molecule has 0 radical (unpaired) electrons. The van der Waals surface area contributed by atoms with E-state index in [1.165, 1.54) is 0 Å². The van der Waals surface area contributed by atoms with Gasteiger partial charge in [-0.3, -0.25) is 4.90 Å². The van der Waals surface area contributed by atoms with E-state index in [0.29, 0.717) is 17.6 Å². The second kappa shape index (κ2) is 7.82. The lowest BCUT2D eigenvalue weighted by Crippen LogP contribution is -2.48. The summed E-state index contributed by atoms with van der Waals surface area (Å²) < 4.78 is 5.55. The number of H-pyrrole nitrogens is 1. The number of halogens is 1. The van der Waals surface area contributed by atoms with Crippen LogP contribution in [0.1, 0.15) is 19.7 Å². The third-order valence-corrected chi connectivity index (χ3v) is 5.10. The van der Waals surface area contributed by atoms with E-state index in [2.05, 4.69) is 34.0 Å². The third kappa shape index (κ3) is 4.11. The van der Waals surface area contributed by atoms with Gasteiger partial charge in [-0.05, 0) is 32.0 Å². The van der Waals surface area contributed by atoms with Gasteiger partial charge in [-0.25, -0.2) is 9.78 Å². The number of ether oxygens (including phenoxy) is 1. The van der Waals surface area contributed by atoms with Gasteiger partial charge in [-0.15, -0.1) is 0 Å². The molecule has 2 heterocycles. The third-order valence-electron chi connectivity index (χ3n) is 4.86. The quantitative estimate of drug-likeness (QED) is 0.837. The number of methoxy groups -OCH3 is 1. The highest BCUT2D eigenvalue weighted by Crippen LogP contribution is 2.18. The van der Waals surface area contributed by atoms with Crippen LogP contribution in [0.3, 0.4) is 0 Å². The Kier molecular flexibility index (Phi) is 5.70. The largest absolute Gasteiger partial charge is 0.378 e. The molecular weight excluding hydrogens is 354 g/mol. The van der Waals surface area contributed by atoms with Crippen molar-refractivity contribution in [2.24, 2.45) is 0 Å². The van der Waals surface area contributed by atoms with E-state index in [4.69, 9.17) is 16.3 Å². The SMILES string of the molecule is CO[C@H]1CN(C(C)C)C[C@@H]1NC(=O)N(C)Cc1nc2ccc(Cl)cc2[nH]1. The molecule has 1 aromatic carbocycles. The number of likely N-dealkylation sites (tertiary alicyclic amines) is 1. The fourth-order valence-corrected chi connectivity index (χ4v) is 3.45. The first kappa shape index (κ1) is 18.9. The van der Waals surface area contributed by atoms with Crippen LogP contribution in [0.2, 0.25) is 5.02 Å². The molecule has 1 aliphatic heterocycles. The van der Waals surface area contributed by atoms with Crippen molar-refractivity contribution in [2.75, 3.05) is 27.2 Å². The first-order valence-corrected chi connectivity index (χ1v) is 9.17. The van der Waals surface area contributed by atoms with Crippen LogP contribution in [0.25, 0.3) is 11.0 Å². The molecule has 0 unspecified atom stereocenters. The lowest BCUT2D eigenvalue weighted by Gasteiger charge is -2.23. The second-order valence-corrected chi connectivity index (χ2v) is 7.52. The number of nitrogens with zero attached hydrogens (tertiary/aromatic N) is 3.